The summed E-state index contributed by atoms with van der Waals surface area (Å²) in [5, 5.41) is 0. The summed E-state index contributed by atoms with van der Waals surface area (Å²) < 4.78 is 11.8. The van der Waals surface area contributed by atoms with Crippen molar-refractivity contribution in [2.45, 2.75) is 11.5 Å². The number of thioether (sulfide) groups is 2. The van der Waals surface area contributed by atoms with E-state index in [1.165, 1.54) is 11.1 Å². The van der Waals surface area contributed by atoms with Gasteiger partial charge in [0.05, 0.1) is 0 Å². The molecule has 0 aromatic heterocycles. The van der Waals surface area contributed by atoms with E-state index in [9.17, 15) is 0 Å². The summed E-state index contributed by atoms with van der Waals surface area (Å²) in [4.78, 5) is 0. The number of benzene rings is 2. The van der Waals surface area contributed by atoms with E-state index in [0.717, 1.165) is 34.5 Å². The second-order valence-corrected chi connectivity index (χ2v) is 7.23. The lowest BCUT2D eigenvalue weighted by atomic mass is 10.2. The van der Waals surface area contributed by atoms with Crippen molar-refractivity contribution in [1.82, 2.24) is 0 Å². The molecule has 0 atom stereocenters. The Morgan fingerprint density at radius 2 is 1.09 bits per heavy atom. The summed E-state index contributed by atoms with van der Waals surface area (Å²) in [5.74, 6) is 6.29. The lowest BCUT2D eigenvalue weighted by Gasteiger charge is -2.15. The van der Waals surface area contributed by atoms with Crippen molar-refractivity contribution in [2.24, 2.45) is 0 Å². The molecule has 1 aliphatic heterocycles. The molecular formula is C18H20O2S2. The van der Waals surface area contributed by atoms with Gasteiger partial charge < -0.3 is 9.47 Å². The number of para-hydroxylation sites is 2. The van der Waals surface area contributed by atoms with Gasteiger partial charge in [0.2, 0.25) is 0 Å². The van der Waals surface area contributed by atoms with Crippen LogP contribution in [0.3, 0.4) is 0 Å². The number of hydrogen-bond donors (Lipinski definition) is 0. The molecule has 2 aromatic rings. The monoisotopic (exact) mass is 332 g/mol. The van der Waals surface area contributed by atoms with E-state index in [2.05, 4.69) is 24.3 Å². The molecule has 116 valence electrons. The van der Waals surface area contributed by atoms with Gasteiger partial charge in [-0.3, -0.25) is 0 Å². The van der Waals surface area contributed by atoms with Crippen LogP contribution in [0.5, 0.6) is 11.5 Å². The van der Waals surface area contributed by atoms with Gasteiger partial charge in [-0.25, -0.2) is 0 Å². The minimum atomic E-state index is 0.573. The highest BCUT2D eigenvalue weighted by Crippen LogP contribution is 2.27. The smallest absolute Gasteiger partial charge is 0.123 e. The van der Waals surface area contributed by atoms with Gasteiger partial charge in [0, 0.05) is 34.1 Å². The third-order valence-corrected chi connectivity index (χ3v) is 5.71. The highest BCUT2D eigenvalue weighted by molar-refractivity contribution is 8.02. The predicted molar refractivity (Wildman–Crippen MR) is 96.2 cm³/mol. The molecule has 22 heavy (non-hydrogen) atoms. The second kappa shape index (κ2) is 8.39. The van der Waals surface area contributed by atoms with Gasteiger partial charge in [0.15, 0.2) is 0 Å². The quantitative estimate of drug-likeness (QED) is 0.700. The van der Waals surface area contributed by atoms with Gasteiger partial charge in [-0.05, 0) is 12.1 Å². The Balaban J connectivity index is 1.70. The summed E-state index contributed by atoms with van der Waals surface area (Å²) in [7, 11) is 0. The molecule has 4 heteroatoms. The Kier molecular flexibility index (Phi) is 5.96. The summed E-state index contributed by atoms with van der Waals surface area (Å²) in [6, 6.07) is 16.6. The average Bonchev–Trinajstić information content (AvgIpc) is 2.56. The van der Waals surface area contributed by atoms with Crippen LogP contribution >= 0.6 is 23.5 Å². The van der Waals surface area contributed by atoms with Gasteiger partial charge in [0.1, 0.15) is 24.7 Å². The maximum absolute atomic E-state index is 5.90. The molecule has 0 N–H and O–H groups in total. The molecule has 0 aliphatic carbocycles. The van der Waals surface area contributed by atoms with Crippen LogP contribution < -0.4 is 9.47 Å². The molecule has 0 unspecified atom stereocenters. The largest absolute Gasteiger partial charge is 0.490 e. The second-order valence-electron chi connectivity index (χ2n) is 5.02. The van der Waals surface area contributed by atoms with Gasteiger partial charge in [-0.2, -0.15) is 23.5 Å². The van der Waals surface area contributed by atoms with Crippen molar-refractivity contribution in [2.75, 3.05) is 24.7 Å². The molecule has 0 bridgehead atoms. The van der Waals surface area contributed by atoms with Crippen LogP contribution in [0.1, 0.15) is 11.1 Å². The van der Waals surface area contributed by atoms with Gasteiger partial charge in [-0.15, -0.1) is 0 Å². The summed E-state index contributed by atoms with van der Waals surface area (Å²) >= 11 is 3.94. The fourth-order valence-electron chi connectivity index (χ4n) is 2.31. The van der Waals surface area contributed by atoms with Crippen LogP contribution in [0.2, 0.25) is 0 Å². The Morgan fingerprint density at radius 3 is 1.59 bits per heavy atom. The highest BCUT2D eigenvalue weighted by Gasteiger charge is 2.07. The van der Waals surface area contributed by atoms with Crippen LogP contribution in [-0.4, -0.2) is 24.7 Å². The molecule has 1 aliphatic rings. The minimum Gasteiger partial charge on any atom is -0.490 e. The zero-order valence-electron chi connectivity index (χ0n) is 12.5. The molecule has 3 rings (SSSR count). The molecule has 0 amide bonds. The first-order valence-corrected chi connectivity index (χ1v) is 9.81. The van der Waals surface area contributed by atoms with Gasteiger partial charge in [0.25, 0.3) is 0 Å². The molecule has 2 nitrogen and oxygen atoms in total. The number of rotatable bonds is 0. The van der Waals surface area contributed by atoms with Crippen molar-refractivity contribution in [3.05, 3.63) is 59.7 Å². The standard InChI is InChI=1S/C18H20O2S2/c1-3-7-17-15(5-1)13-21-11-12-22-14-16-6-2-4-8-18(16)20-10-9-19-17/h1-8H,9-14H2. The van der Waals surface area contributed by atoms with Crippen LogP contribution in [0.25, 0.3) is 0 Å². The van der Waals surface area contributed by atoms with Crippen LogP contribution in [0.4, 0.5) is 0 Å². The highest BCUT2D eigenvalue weighted by atomic mass is 32.2. The number of ether oxygens (including phenoxy) is 2. The first-order valence-electron chi connectivity index (χ1n) is 7.50. The first-order chi connectivity index (χ1) is 10.9. The average molecular weight is 332 g/mol. The molecule has 0 fully saturated rings. The third kappa shape index (κ3) is 4.37. The summed E-state index contributed by atoms with van der Waals surface area (Å²) in [5.41, 5.74) is 2.55. The fraction of sp³-hybridized carbons (Fsp3) is 0.333. The van der Waals surface area contributed by atoms with E-state index in [1.54, 1.807) is 0 Å². The predicted octanol–water partition coefficient (Wildman–Crippen LogP) is 4.62. The van der Waals surface area contributed by atoms with E-state index in [4.69, 9.17) is 9.47 Å². The zero-order valence-corrected chi connectivity index (χ0v) is 14.1. The summed E-state index contributed by atoms with van der Waals surface area (Å²) in [6.45, 7) is 1.15. The normalized spacial score (nSPS) is 16.4. The van der Waals surface area contributed by atoms with Gasteiger partial charge in [-0.1, -0.05) is 36.4 Å². The minimum absolute atomic E-state index is 0.573. The maximum atomic E-state index is 5.90. The van der Waals surface area contributed by atoms with Crippen LogP contribution in [-0.2, 0) is 11.5 Å². The molecule has 0 saturated heterocycles. The topological polar surface area (TPSA) is 18.5 Å². The molecule has 1 heterocycles. The lowest BCUT2D eigenvalue weighted by molar-refractivity contribution is 0.215. The van der Waals surface area contributed by atoms with E-state index >= 15 is 0 Å². The fourth-order valence-corrected chi connectivity index (χ4v) is 4.46. The van der Waals surface area contributed by atoms with Crippen molar-refractivity contribution < 1.29 is 9.47 Å². The van der Waals surface area contributed by atoms with Crippen molar-refractivity contribution in [1.29, 1.82) is 0 Å². The Bertz CT molecular complexity index is 548. The third-order valence-electron chi connectivity index (χ3n) is 3.43. The van der Waals surface area contributed by atoms with E-state index in [-0.39, 0.29) is 0 Å². The van der Waals surface area contributed by atoms with Crippen molar-refractivity contribution in [3.63, 3.8) is 0 Å². The van der Waals surface area contributed by atoms with Crippen LogP contribution in [0, 0.1) is 0 Å². The number of hydrogen-bond acceptors (Lipinski definition) is 4. The Labute approximate surface area is 140 Å². The van der Waals surface area contributed by atoms with E-state index < -0.39 is 0 Å². The maximum Gasteiger partial charge on any atom is 0.123 e. The SMILES string of the molecule is c1ccc2c(c1)CSCCSCc1ccccc1OCCO2. The molecular weight excluding hydrogens is 312 g/mol. The molecule has 2 aromatic carbocycles. The molecule has 0 spiro atoms. The lowest BCUT2D eigenvalue weighted by Crippen LogP contribution is -2.11. The van der Waals surface area contributed by atoms with Crippen LogP contribution in [0.15, 0.2) is 48.5 Å². The van der Waals surface area contributed by atoms with Crippen molar-refractivity contribution >= 4 is 23.5 Å². The Hall–Kier alpha value is -1.26. The molecule has 0 radical (unpaired) electrons. The first kappa shape index (κ1) is 15.6. The van der Waals surface area contributed by atoms with Gasteiger partial charge >= 0.3 is 0 Å². The Morgan fingerprint density at radius 1 is 0.636 bits per heavy atom. The molecule has 0 saturated carbocycles. The van der Waals surface area contributed by atoms with E-state index in [0.29, 0.717) is 13.2 Å². The van der Waals surface area contributed by atoms with E-state index in [1.807, 2.05) is 47.8 Å². The number of fused-ring (bicyclic) bond motifs is 2. The zero-order chi connectivity index (χ0) is 15.0. The summed E-state index contributed by atoms with van der Waals surface area (Å²) in [6.07, 6.45) is 0. The van der Waals surface area contributed by atoms with Crippen molar-refractivity contribution in [3.8, 4) is 11.5 Å².